The van der Waals surface area contributed by atoms with Crippen LogP contribution in [0.15, 0.2) is 71.6 Å². The van der Waals surface area contributed by atoms with Gasteiger partial charge in [-0.25, -0.2) is 8.42 Å². The zero-order valence-electron chi connectivity index (χ0n) is 17.7. The number of halogens is 1. The summed E-state index contributed by atoms with van der Waals surface area (Å²) in [4.78, 5) is 13.1. The summed E-state index contributed by atoms with van der Waals surface area (Å²) in [5.41, 5.74) is 3.02. The van der Waals surface area contributed by atoms with Gasteiger partial charge in [-0.3, -0.25) is 9.10 Å². The minimum absolute atomic E-state index is 0.138. The first-order valence-electron chi connectivity index (χ1n) is 10.1. The van der Waals surface area contributed by atoms with Gasteiger partial charge < -0.3 is 10.1 Å². The van der Waals surface area contributed by atoms with Gasteiger partial charge in [0, 0.05) is 11.6 Å². The molecule has 0 aliphatic carbocycles. The molecule has 32 heavy (non-hydrogen) atoms. The molecule has 1 atom stereocenters. The maximum atomic E-state index is 13.5. The fourth-order valence-electron chi connectivity index (χ4n) is 3.50. The SMILES string of the molecule is Cc1ccc(S(=O)(=O)N2CC(C(=O)NCc3ccccc3Cl)Oc3ccc(C)cc32)cc1. The summed E-state index contributed by atoms with van der Waals surface area (Å²) in [6, 6.07) is 19.1. The van der Waals surface area contributed by atoms with Crippen molar-refractivity contribution in [3.8, 4) is 5.75 Å². The third-order valence-electron chi connectivity index (χ3n) is 5.30. The Labute approximate surface area is 192 Å². The summed E-state index contributed by atoms with van der Waals surface area (Å²) in [6.07, 6.45) is -1.01. The van der Waals surface area contributed by atoms with Crippen molar-refractivity contribution >= 4 is 33.2 Å². The Balaban J connectivity index is 1.63. The Morgan fingerprint density at radius 3 is 2.47 bits per heavy atom. The Kier molecular flexibility index (Phi) is 6.13. The largest absolute Gasteiger partial charge is 0.476 e. The number of hydrogen-bond acceptors (Lipinski definition) is 4. The molecule has 0 saturated heterocycles. The molecule has 1 unspecified atom stereocenters. The van der Waals surface area contributed by atoms with Crippen LogP contribution in [-0.4, -0.2) is 27.0 Å². The minimum atomic E-state index is -3.90. The molecule has 0 fully saturated rings. The van der Waals surface area contributed by atoms with Gasteiger partial charge in [0.15, 0.2) is 6.10 Å². The van der Waals surface area contributed by atoms with E-state index in [1.165, 1.54) is 4.31 Å². The van der Waals surface area contributed by atoms with E-state index in [1.807, 2.05) is 38.1 Å². The molecule has 1 amide bonds. The van der Waals surface area contributed by atoms with Gasteiger partial charge in [0.2, 0.25) is 0 Å². The lowest BCUT2D eigenvalue weighted by atomic mass is 10.1. The predicted octanol–water partition coefficient (Wildman–Crippen LogP) is 4.23. The van der Waals surface area contributed by atoms with Gasteiger partial charge in [-0.05, 0) is 55.3 Å². The van der Waals surface area contributed by atoms with E-state index in [0.29, 0.717) is 16.5 Å². The number of benzene rings is 3. The lowest BCUT2D eigenvalue weighted by Crippen LogP contribution is -2.50. The topological polar surface area (TPSA) is 75.7 Å². The molecule has 166 valence electrons. The average molecular weight is 471 g/mol. The van der Waals surface area contributed by atoms with E-state index < -0.39 is 22.0 Å². The zero-order chi connectivity index (χ0) is 22.9. The first-order valence-corrected chi connectivity index (χ1v) is 12.0. The van der Waals surface area contributed by atoms with E-state index in [2.05, 4.69) is 5.32 Å². The number of nitrogens with zero attached hydrogens (tertiary/aromatic N) is 1. The number of fused-ring (bicyclic) bond motifs is 1. The van der Waals surface area contributed by atoms with Crippen molar-refractivity contribution in [2.45, 2.75) is 31.4 Å². The van der Waals surface area contributed by atoms with E-state index in [1.54, 1.807) is 42.5 Å². The highest BCUT2D eigenvalue weighted by Crippen LogP contribution is 2.37. The lowest BCUT2D eigenvalue weighted by Gasteiger charge is -2.35. The number of anilines is 1. The van der Waals surface area contributed by atoms with Gasteiger partial charge in [0.25, 0.3) is 15.9 Å². The number of rotatable bonds is 5. The van der Waals surface area contributed by atoms with Gasteiger partial charge in [0.1, 0.15) is 5.75 Å². The number of ether oxygens (including phenoxy) is 1. The van der Waals surface area contributed by atoms with Crippen LogP contribution < -0.4 is 14.4 Å². The van der Waals surface area contributed by atoms with Gasteiger partial charge in [-0.2, -0.15) is 0 Å². The van der Waals surface area contributed by atoms with E-state index in [-0.39, 0.29) is 18.0 Å². The molecule has 1 aliphatic heterocycles. The number of aryl methyl sites for hydroxylation is 2. The summed E-state index contributed by atoms with van der Waals surface area (Å²) < 4.78 is 34.1. The van der Waals surface area contributed by atoms with Crippen LogP contribution in [0, 0.1) is 13.8 Å². The van der Waals surface area contributed by atoms with Crippen LogP contribution in [0.3, 0.4) is 0 Å². The summed E-state index contributed by atoms with van der Waals surface area (Å²) in [6.45, 7) is 3.84. The standard InChI is InChI=1S/C24H23ClN2O4S/c1-16-7-10-19(11-8-16)32(29,30)27-15-23(31-22-12-9-17(2)13-21(22)27)24(28)26-14-18-5-3-4-6-20(18)25/h3-13,23H,14-15H2,1-2H3,(H,26,28). The van der Waals surface area contributed by atoms with E-state index in [9.17, 15) is 13.2 Å². The fourth-order valence-corrected chi connectivity index (χ4v) is 5.17. The molecule has 8 heteroatoms. The highest BCUT2D eigenvalue weighted by atomic mass is 35.5. The third kappa shape index (κ3) is 4.45. The lowest BCUT2D eigenvalue weighted by molar-refractivity contribution is -0.127. The van der Waals surface area contributed by atoms with Crippen LogP contribution in [0.25, 0.3) is 0 Å². The van der Waals surface area contributed by atoms with Crippen LogP contribution in [0.1, 0.15) is 16.7 Å². The predicted molar refractivity (Wildman–Crippen MR) is 125 cm³/mol. The number of carbonyl (C=O) groups is 1. The molecule has 3 aromatic carbocycles. The summed E-state index contributed by atoms with van der Waals surface area (Å²) >= 11 is 6.17. The normalized spacial score (nSPS) is 15.6. The van der Waals surface area contributed by atoms with E-state index in [4.69, 9.17) is 16.3 Å². The van der Waals surface area contributed by atoms with Crippen LogP contribution in [0.4, 0.5) is 5.69 Å². The third-order valence-corrected chi connectivity index (χ3v) is 7.46. The van der Waals surface area contributed by atoms with Gasteiger partial charge >= 0.3 is 0 Å². The average Bonchev–Trinajstić information content (AvgIpc) is 2.78. The quantitative estimate of drug-likeness (QED) is 0.605. The number of amides is 1. The van der Waals surface area contributed by atoms with Crippen molar-refractivity contribution in [3.05, 3.63) is 88.4 Å². The zero-order valence-corrected chi connectivity index (χ0v) is 19.3. The van der Waals surface area contributed by atoms with Crippen LogP contribution >= 0.6 is 11.6 Å². The number of hydrogen-bond donors (Lipinski definition) is 1. The molecule has 4 rings (SSSR count). The first kappa shape index (κ1) is 22.2. The van der Waals surface area contributed by atoms with Gasteiger partial charge in [0.05, 0.1) is 17.1 Å². The fraction of sp³-hybridized carbons (Fsp3) is 0.208. The first-order chi connectivity index (χ1) is 15.3. The van der Waals surface area contributed by atoms with E-state index in [0.717, 1.165) is 16.7 Å². The van der Waals surface area contributed by atoms with Crippen LogP contribution in [0.2, 0.25) is 5.02 Å². The summed E-state index contributed by atoms with van der Waals surface area (Å²) in [5.74, 6) is -0.0734. The molecule has 0 spiro atoms. The molecule has 0 bridgehead atoms. The van der Waals surface area contributed by atoms with Gasteiger partial charge in [-0.1, -0.05) is 53.6 Å². The second-order valence-electron chi connectivity index (χ2n) is 7.74. The molecule has 1 heterocycles. The van der Waals surface area contributed by atoms with Crippen molar-refractivity contribution in [1.29, 1.82) is 0 Å². The molecule has 3 aromatic rings. The summed E-state index contributed by atoms with van der Waals surface area (Å²) in [5, 5.41) is 3.34. The van der Waals surface area contributed by atoms with Crippen molar-refractivity contribution in [1.82, 2.24) is 5.32 Å². The molecule has 0 saturated carbocycles. The second kappa shape index (κ2) is 8.84. The molecule has 0 radical (unpaired) electrons. The smallest absolute Gasteiger partial charge is 0.264 e. The van der Waals surface area contributed by atoms with E-state index >= 15 is 0 Å². The maximum absolute atomic E-state index is 13.5. The monoisotopic (exact) mass is 470 g/mol. The molecule has 1 N–H and O–H groups in total. The Morgan fingerprint density at radius 1 is 1.06 bits per heavy atom. The summed E-state index contributed by atoms with van der Waals surface area (Å²) in [7, 11) is -3.90. The van der Waals surface area contributed by atoms with Crippen LogP contribution in [-0.2, 0) is 21.4 Å². The van der Waals surface area contributed by atoms with Crippen molar-refractivity contribution < 1.29 is 17.9 Å². The maximum Gasteiger partial charge on any atom is 0.264 e. The second-order valence-corrected chi connectivity index (χ2v) is 10.0. The highest BCUT2D eigenvalue weighted by Gasteiger charge is 2.37. The van der Waals surface area contributed by atoms with Crippen molar-refractivity contribution in [3.63, 3.8) is 0 Å². The molecular weight excluding hydrogens is 448 g/mol. The molecule has 6 nitrogen and oxygen atoms in total. The van der Waals surface area contributed by atoms with Crippen LogP contribution in [0.5, 0.6) is 5.75 Å². The number of carbonyl (C=O) groups excluding carboxylic acids is 1. The van der Waals surface area contributed by atoms with Crippen molar-refractivity contribution in [2.24, 2.45) is 0 Å². The van der Waals surface area contributed by atoms with Crippen molar-refractivity contribution in [2.75, 3.05) is 10.8 Å². The van der Waals surface area contributed by atoms with Gasteiger partial charge in [-0.15, -0.1) is 0 Å². The Hall–Kier alpha value is -3.03. The highest BCUT2D eigenvalue weighted by molar-refractivity contribution is 7.92. The Morgan fingerprint density at radius 2 is 1.75 bits per heavy atom. The molecule has 1 aliphatic rings. The minimum Gasteiger partial charge on any atom is -0.476 e. The molecule has 0 aromatic heterocycles. The Bertz CT molecular complexity index is 1260. The molecular formula is C24H23ClN2O4S. The number of nitrogens with one attached hydrogen (secondary N) is 1. The number of sulfonamides is 1.